The minimum Gasteiger partial charge on any atom is -0.481 e. The van der Waals surface area contributed by atoms with E-state index in [1.54, 1.807) is 0 Å². The molecule has 1 amide bonds. The van der Waals surface area contributed by atoms with Crippen LogP contribution in [0.5, 0.6) is 0 Å². The lowest BCUT2D eigenvalue weighted by molar-refractivity contribution is -0.137. The van der Waals surface area contributed by atoms with Crippen molar-refractivity contribution in [3.05, 3.63) is 0 Å². The second-order valence-electron chi connectivity index (χ2n) is 3.85. The quantitative estimate of drug-likeness (QED) is 0.604. The highest BCUT2D eigenvalue weighted by atomic mass is 16.4. The Bertz CT molecular complexity index is 211. The van der Waals surface area contributed by atoms with E-state index in [0.29, 0.717) is 25.3 Å². The van der Waals surface area contributed by atoms with Gasteiger partial charge in [-0.05, 0) is 31.6 Å². The van der Waals surface area contributed by atoms with E-state index < -0.39 is 5.97 Å². The van der Waals surface area contributed by atoms with Crippen molar-refractivity contribution >= 4 is 11.9 Å². The maximum Gasteiger partial charge on any atom is 0.303 e. The fraction of sp³-hybridized carbons (Fsp3) is 0.800. The van der Waals surface area contributed by atoms with Gasteiger partial charge in [0.1, 0.15) is 0 Å². The first-order chi connectivity index (χ1) is 6.68. The molecule has 0 radical (unpaired) electrons. The summed E-state index contributed by atoms with van der Waals surface area (Å²) in [4.78, 5) is 21.3. The van der Waals surface area contributed by atoms with Crippen molar-refractivity contribution in [3.8, 4) is 0 Å². The van der Waals surface area contributed by atoms with Gasteiger partial charge in [-0.25, -0.2) is 0 Å². The molecule has 0 atom stereocenters. The molecule has 4 heteroatoms. The molecule has 1 aliphatic rings. The Morgan fingerprint density at radius 2 is 2.00 bits per heavy atom. The van der Waals surface area contributed by atoms with Gasteiger partial charge in [0.2, 0.25) is 5.91 Å². The van der Waals surface area contributed by atoms with Crippen molar-refractivity contribution in [1.29, 1.82) is 0 Å². The van der Waals surface area contributed by atoms with Crippen LogP contribution in [-0.4, -0.2) is 23.5 Å². The van der Waals surface area contributed by atoms with E-state index in [4.69, 9.17) is 5.11 Å². The Morgan fingerprint density at radius 3 is 2.57 bits per heavy atom. The molecule has 1 aliphatic carbocycles. The second-order valence-corrected chi connectivity index (χ2v) is 3.85. The first kappa shape index (κ1) is 11.0. The van der Waals surface area contributed by atoms with Gasteiger partial charge in [-0.15, -0.1) is 0 Å². The number of unbranched alkanes of at least 4 members (excludes halogenated alkanes) is 1. The highest BCUT2D eigenvalue weighted by Crippen LogP contribution is 2.31. The molecular formula is C10H17NO3. The largest absolute Gasteiger partial charge is 0.481 e. The number of carbonyl (C=O) groups excluding carboxylic acids is 1. The van der Waals surface area contributed by atoms with E-state index in [1.807, 2.05) is 0 Å². The lowest BCUT2D eigenvalue weighted by atomic mass is 10.2. The Balaban J connectivity index is 1.87. The van der Waals surface area contributed by atoms with Crippen LogP contribution in [0.25, 0.3) is 0 Å². The predicted molar refractivity (Wildman–Crippen MR) is 51.8 cm³/mol. The standard InChI is InChI=1S/C10H17NO3/c12-9(7-8-4-5-8)11-6-2-1-3-10(13)14/h8H,1-7H2,(H,11,12)(H,13,14). The maximum atomic E-state index is 11.2. The van der Waals surface area contributed by atoms with Crippen molar-refractivity contribution in [2.75, 3.05) is 6.54 Å². The number of hydrogen-bond donors (Lipinski definition) is 2. The van der Waals surface area contributed by atoms with Gasteiger partial charge in [0.25, 0.3) is 0 Å². The lowest BCUT2D eigenvalue weighted by Crippen LogP contribution is -2.24. The summed E-state index contributed by atoms with van der Waals surface area (Å²) < 4.78 is 0. The first-order valence-corrected chi connectivity index (χ1v) is 5.17. The molecule has 0 aromatic rings. The molecule has 1 saturated carbocycles. The van der Waals surface area contributed by atoms with E-state index in [-0.39, 0.29) is 12.3 Å². The monoisotopic (exact) mass is 199 g/mol. The van der Waals surface area contributed by atoms with E-state index in [9.17, 15) is 9.59 Å². The molecule has 0 spiro atoms. The molecule has 0 unspecified atom stereocenters. The fourth-order valence-electron chi connectivity index (χ4n) is 1.29. The second kappa shape index (κ2) is 5.62. The van der Waals surface area contributed by atoms with Gasteiger partial charge in [0.05, 0.1) is 0 Å². The number of rotatable bonds is 7. The molecule has 0 aromatic heterocycles. The molecule has 14 heavy (non-hydrogen) atoms. The molecule has 2 N–H and O–H groups in total. The van der Waals surface area contributed by atoms with Crippen molar-refractivity contribution < 1.29 is 14.7 Å². The van der Waals surface area contributed by atoms with Crippen LogP contribution in [0.4, 0.5) is 0 Å². The SMILES string of the molecule is O=C(O)CCCCNC(=O)CC1CC1. The topological polar surface area (TPSA) is 66.4 Å². The summed E-state index contributed by atoms with van der Waals surface area (Å²) in [6, 6.07) is 0. The Morgan fingerprint density at radius 1 is 1.29 bits per heavy atom. The molecule has 80 valence electrons. The average Bonchev–Trinajstić information content (AvgIpc) is 2.87. The third-order valence-corrected chi connectivity index (χ3v) is 2.31. The molecule has 0 aromatic carbocycles. The molecule has 1 rings (SSSR count). The van der Waals surface area contributed by atoms with E-state index in [2.05, 4.69) is 5.32 Å². The normalized spacial score (nSPS) is 15.1. The summed E-state index contributed by atoms with van der Waals surface area (Å²) in [6.07, 6.45) is 4.61. The highest BCUT2D eigenvalue weighted by Gasteiger charge is 2.23. The first-order valence-electron chi connectivity index (χ1n) is 5.17. The molecule has 0 heterocycles. The number of carboxylic acids is 1. The van der Waals surface area contributed by atoms with Crippen LogP contribution >= 0.6 is 0 Å². The van der Waals surface area contributed by atoms with Crippen molar-refractivity contribution in [2.24, 2.45) is 5.92 Å². The van der Waals surface area contributed by atoms with Gasteiger partial charge in [0, 0.05) is 19.4 Å². The summed E-state index contributed by atoms with van der Waals surface area (Å²) >= 11 is 0. The van der Waals surface area contributed by atoms with Gasteiger partial charge in [-0.3, -0.25) is 9.59 Å². The molecule has 0 saturated heterocycles. The fourth-order valence-corrected chi connectivity index (χ4v) is 1.29. The van der Waals surface area contributed by atoms with E-state index in [1.165, 1.54) is 12.8 Å². The summed E-state index contributed by atoms with van der Waals surface area (Å²) in [7, 11) is 0. The van der Waals surface area contributed by atoms with Crippen LogP contribution < -0.4 is 5.32 Å². The number of carbonyl (C=O) groups is 2. The van der Waals surface area contributed by atoms with Crippen LogP contribution in [0, 0.1) is 5.92 Å². The summed E-state index contributed by atoms with van der Waals surface area (Å²) in [5.74, 6) is -0.0360. The molecule has 0 bridgehead atoms. The average molecular weight is 199 g/mol. The third kappa shape index (κ3) is 5.56. The minimum atomic E-state index is -0.769. The molecule has 4 nitrogen and oxygen atoms in total. The van der Waals surface area contributed by atoms with Crippen molar-refractivity contribution in [2.45, 2.75) is 38.5 Å². The zero-order valence-corrected chi connectivity index (χ0v) is 8.29. The Hall–Kier alpha value is -1.06. The molecular weight excluding hydrogens is 182 g/mol. The van der Waals surface area contributed by atoms with Crippen LogP contribution in [0.1, 0.15) is 38.5 Å². The number of hydrogen-bond acceptors (Lipinski definition) is 2. The molecule has 0 aliphatic heterocycles. The highest BCUT2D eigenvalue weighted by molar-refractivity contribution is 5.76. The van der Waals surface area contributed by atoms with Crippen LogP contribution in [0.15, 0.2) is 0 Å². The Kier molecular flexibility index (Phi) is 4.43. The number of amides is 1. The van der Waals surface area contributed by atoms with Gasteiger partial charge < -0.3 is 10.4 Å². The van der Waals surface area contributed by atoms with Gasteiger partial charge in [0.15, 0.2) is 0 Å². The summed E-state index contributed by atoms with van der Waals surface area (Å²) in [5, 5.41) is 11.2. The predicted octanol–water partition coefficient (Wildman–Crippen LogP) is 1.16. The molecule has 1 fully saturated rings. The minimum absolute atomic E-state index is 0.114. The zero-order valence-electron chi connectivity index (χ0n) is 8.29. The van der Waals surface area contributed by atoms with Crippen LogP contribution in [0.2, 0.25) is 0 Å². The van der Waals surface area contributed by atoms with Gasteiger partial charge in [-0.2, -0.15) is 0 Å². The lowest BCUT2D eigenvalue weighted by Gasteiger charge is -2.03. The summed E-state index contributed by atoms with van der Waals surface area (Å²) in [5.41, 5.74) is 0. The van der Waals surface area contributed by atoms with Crippen LogP contribution in [0.3, 0.4) is 0 Å². The Labute approximate surface area is 83.7 Å². The number of carboxylic acid groups (broad SMARTS) is 1. The van der Waals surface area contributed by atoms with Crippen molar-refractivity contribution in [1.82, 2.24) is 5.32 Å². The third-order valence-electron chi connectivity index (χ3n) is 2.31. The number of aliphatic carboxylic acids is 1. The van der Waals surface area contributed by atoms with Gasteiger partial charge >= 0.3 is 5.97 Å². The summed E-state index contributed by atoms with van der Waals surface area (Å²) in [6.45, 7) is 0.610. The van der Waals surface area contributed by atoms with Crippen molar-refractivity contribution in [3.63, 3.8) is 0 Å². The van der Waals surface area contributed by atoms with E-state index in [0.717, 1.165) is 6.42 Å². The van der Waals surface area contributed by atoms with E-state index >= 15 is 0 Å². The maximum absolute atomic E-state index is 11.2. The van der Waals surface area contributed by atoms with Gasteiger partial charge in [-0.1, -0.05) is 0 Å². The smallest absolute Gasteiger partial charge is 0.303 e. The number of nitrogens with one attached hydrogen (secondary N) is 1. The van der Waals surface area contributed by atoms with Crippen LogP contribution in [-0.2, 0) is 9.59 Å². The zero-order chi connectivity index (χ0) is 10.4.